The smallest absolute Gasteiger partial charge is 0.341 e. The molecule has 2 aromatic heterocycles. The SMILES string of the molecule is COC(=O)c1c(NC(=S)Nc2cnn(Cc3cccc(OC)c3)c2)sc(C(=O)N(C)C)c1C. The lowest BCUT2D eigenvalue weighted by Gasteiger charge is -2.09. The van der Waals surface area contributed by atoms with E-state index in [1.165, 1.54) is 12.0 Å². The molecule has 2 heterocycles. The maximum absolute atomic E-state index is 12.5. The van der Waals surface area contributed by atoms with Crippen molar-refractivity contribution in [3.05, 3.63) is 58.2 Å². The van der Waals surface area contributed by atoms with Crippen LogP contribution < -0.4 is 15.4 Å². The summed E-state index contributed by atoms with van der Waals surface area (Å²) >= 11 is 6.58. The monoisotopic (exact) mass is 487 g/mol. The van der Waals surface area contributed by atoms with Crippen LogP contribution in [-0.4, -0.2) is 60.0 Å². The second-order valence-electron chi connectivity index (χ2n) is 7.31. The number of rotatable bonds is 7. The van der Waals surface area contributed by atoms with E-state index in [0.717, 1.165) is 22.6 Å². The first-order chi connectivity index (χ1) is 15.7. The Hall–Kier alpha value is -3.44. The van der Waals surface area contributed by atoms with Crippen LogP contribution in [0, 0.1) is 6.92 Å². The van der Waals surface area contributed by atoms with Crippen molar-refractivity contribution in [1.29, 1.82) is 0 Å². The first-order valence-electron chi connectivity index (χ1n) is 9.90. The molecule has 33 heavy (non-hydrogen) atoms. The van der Waals surface area contributed by atoms with Gasteiger partial charge in [0.2, 0.25) is 0 Å². The summed E-state index contributed by atoms with van der Waals surface area (Å²) in [5.74, 6) is 0.0366. The van der Waals surface area contributed by atoms with E-state index in [-0.39, 0.29) is 16.6 Å². The van der Waals surface area contributed by atoms with Gasteiger partial charge >= 0.3 is 5.97 Å². The van der Waals surface area contributed by atoms with Crippen LogP contribution in [0.5, 0.6) is 5.75 Å². The van der Waals surface area contributed by atoms with Gasteiger partial charge in [0, 0.05) is 20.3 Å². The van der Waals surface area contributed by atoms with Gasteiger partial charge in [-0.25, -0.2) is 4.79 Å². The molecule has 0 spiro atoms. The Morgan fingerprint density at radius 3 is 2.67 bits per heavy atom. The van der Waals surface area contributed by atoms with E-state index < -0.39 is 5.97 Å². The Morgan fingerprint density at radius 2 is 2.00 bits per heavy atom. The van der Waals surface area contributed by atoms with Gasteiger partial charge < -0.3 is 25.0 Å². The molecule has 2 N–H and O–H groups in total. The molecule has 0 atom stereocenters. The molecule has 0 fully saturated rings. The number of esters is 1. The second-order valence-corrected chi connectivity index (χ2v) is 8.74. The third-order valence-corrected chi connectivity index (χ3v) is 6.13. The van der Waals surface area contributed by atoms with Crippen molar-refractivity contribution in [3.8, 4) is 5.75 Å². The zero-order chi connectivity index (χ0) is 24.1. The topological polar surface area (TPSA) is 97.7 Å². The number of thiophene rings is 1. The molecule has 0 radical (unpaired) electrons. The second kappa shape index (κ2) is 10.5. The fraction of sp³-hybridized carbons (Fsp3) is 0.273. The summed E-state index contributed by atoms with van der Waals surface area (Å²) in [6.45, 7) is 2.27. The molecule has 0 aliphatic rings. The number of carbonyl (C=O) groups excluding carboxylic acids is 2. The Balaban J connectivity index is 1.74. The Bertz CT molecular complexity index is 1190. The highest BCUT2D eigenvalue weighted by Crippen LogP contribution is 2.34. The van der Waals surface area contributed by atoms with Crippen molar-refractivity contribution < 1.29 is 19.1 Å². The number of hydrogen-bond donors (Lipinski definition) is 2. The van der Waals surface area contributed by atoms with E-state index in [9.17, 15) is 9.59 Å². The summed E-state index contributed by atoms with van der Waals surface area (Å²) in [6, 6.07) is 7.74. The molecular formula is C22H25N5O4S2. The quantitative estimate of drug-likeness (QED) is 0.385. The van der Waals surface area contributed by atoms with E-state index in [1.54, 1.807) is 39.0 Å². The van der Waals surface area contributed by atoms with Crippen LogP contribution >= 0.6 is 23.6 Å². The minimum absolute atomic E-state index is 0.201. The molecule has 1 aromatic carbocycles. The fourth-order valence-corrected chi connectivity index (χ4v) is 4.60. The van der Waals surface area contributed by atoms with Crippen molar-refractivity contribution in [3.63, 3.8) is 0 Å². The summed E-state index contributed by atoms with van der Waals surface area (Å²) < 4.78 is 11.9. The van der Waals surface area contributed by atoms with Gasteiger partial charge in [0.05, 0.1) is 43.1 Å². The molecule has 0 aliphatic carbocycles. The number of nitrogens with one attached hydrogen (secondary N) is 2. The van der Waals surface area contributed by atoms with Gasteiger partial charge in [0.25, 0.3) is 5.91 Å². The Kier molecular flexibility index (Phi) is 7.67. The first-order valence-corrected chi connectivity index (χ1v) is 11.1. The van der Waals surface area contributed by atoms with Crippen LogP contribution in [-0.2, 0) is 11.3 Å². The summed E-state index contributed by atoms with van der Waals surface area (Å²) in [5.41, 5.74) is 2.54. The average molecular weight is 488 g/mol. The first kappa shape index (κ1) is 24.2. The third-order valence-electron chi connectivity index (χ3n) is 4.73. The molecule has 9 nitrogen and oxygen atoms in total. The number of methoxy groups -OCH3 is 2. The number of amides is 1. The number of nitrogens with zero attached hydrogens (tertiary/aromatic N) is 3. The third kappa shape index (κ3) is 5.68. The average Bonchev–Trinajstić information content (AvgIpc) is 3.35. The van der Waals surface area contributed by atoms with Gasteiger partial charge in [-0.1, -0.05) is 12.1 Å². The van der Waals surface area contributed by atoms with Crippen LogP contribution in [0.1, 0.15) is 31.2 Å². The van der Waals surface area contributed by atoms with Gasteiger partial charge in [0.15, 0.2) is 5.11 Å². The van der Waals surface area contributed by atoms with E-state index in [1.807, 2.05) is 30.5 Å². The van der Waals surface area contributed by atoms with Crippen LogP contribution in [0.2, 0.25) is 0 Å². The van der Waals surface area contributed by atoms with Crippen LogP contribution in [0.3, 0.4) is 0 Å². The molecule has 11 heteroatoms. The zero-order valence-corrected chi connectivity index (χ0v) is 20.6. The maximum Gasteiger partial charge on any atom is 0.341 e. The largest absolute Gasteiger partial charge is 0.497 e. The highest BCUT2D eigenvalue weighted by atomic mass is 32.1. The minimum Gasteiger partial charge on any atom is -0.497 e. The highest BCUT2D eigenvalue weighted by Gasteiger charge is 2.26. The summed E-state index contributed by atoms with van der Waals surface area (Å²) in [5, 5.41) is 11.1. The molecular weight excluding hydrogens is 462 g/mol. The van der Waals surface area contributed by atoms with Crippen LogP contribution in [0.15, 0.2) is 36.7 Å². The summed E-state index contributed by atoms with van der Waals surface area (Å²) in [4.78, 5) is 26.8. The van der Waals surface area contributed by atoms with Crippen molar-refractivity contribution in [1.82, 2.24) is 14.7 Å². The lowest BCUT2D eigenvalue weighted by Crippen LogP contribution is -2.21. The number of ether oxygens (including phenoxy) is 2. The van der Waals surface area contributed by atoms with Crippen molar-refractivity contribution >= 4 is 51.2 Å². The standard InChI is InChI=1S/C22H25N5O4S2/c1-13-17(21(29)31-5)19(33-18(13)20(28)26(2)3)25-22(32)24-15-10-23-27(12-15)11-14-7-6-8-16(9-14)30-4/h6-10,12H,11H2,1-5H3,(H2,24,25,32). The van der Waals surface area contributed by atoms with E-state index >= 15 is 0 Å². The number of aromatic nitrogens is 2. The molecule has 0 unspecified atom stereocenters. The van der Waals surface area contributed by atoms with E-state index in [0.29, 0.717) is 27.7 Å². The molecule has 3 rings (SSSR count). The van der Waals surface area contributed by atoms with Crippen molar-refractivity contribution in [2.75, 3.05) is 38.9 Å². The molecule has 0 saturated carbocycles. The maximum atomic E-state index is 12.5. The number of thiocarbonyl (C=S) groups is 1. The lowest BCUT2D eigenvalue weighted by atomic mass is 10.1. The summed E-state index contributed by atoms with van der Waals surface area (Å²) in [6.07, 6.45) is 3.46. The van der Waals surface area contributed by atoms with Crippen molar-refractivity contribution in [2.24, 2.45) is 0 Å². The number of benzene rings is 1. The number of carbonyl (C=O) groups is 2. The minimum atomic E-state index is -0.544. The Labute approximate surface area is 201 Å². The van der Waals surface area contributed by atoms with Gasteiger partial charge in [-0.15, -0.1) is 11.3 Å². The zero-order valence-electron chi connectivity index (χ0n) is 19.0. The van der Waals surface area contributed by atoms with Gasteiger partial charge in [0.1, 0.15) is 10.8 Å². The molecule has 0 saturated heterocycles. The predicted octanol–water partition coefficient (Wildman–Crippen LogP) is 3.61. The van der Waals surface area contributed by atoms with Gasteiger partial charge in [-0.2, -0.15) is 5.10 Å². The normalized spacial score (nSPS) is 10.5. The van der Waals surface area contributed by atoms with Crippen LogP contribution in [0.25, 0.3) is 0 Å². The number of anilines is 2. The van der Waals surface area contributed by atoms with Crippen molar-refractivity contribution in [2.45, 2.75) is 13.5 Å². The van der Waals surface area contributed by atoms with E-state index in [4.69, 9.17) is 21.7 Å². The molecule has 1 amide bonds. The Morgan fingerprint density at radius 1 is 1.24 bits per heavy atom. The molecule has 0 aliphatic heterocycles. The van der Waals surface area contributed by atoms with Crippen LogP contribution in [0.4, 0.5) is 10.7 Å². The van der Waals surface area contributed by atoms with Gasteiger partial charge in [-0.05, 0) is 42.4 Å². The number of hydrogen-bond acceptors (Lipinski definition) is 7. The van der Waals surface area contributed by atoms with Gasteiger partial charge in [-0.3, -0.25) is 9.48 Å². The predicted molar refractivity (Wildman–Crippen MR) is 133 cm³/mol. The fourth-order valence-electron chi connectivity index (χ4n) is 3.09. The summed E-state index contributed by atoms with van der Waals surface area (Å²) in [7, 11) is 6.23. The molecule has 174 valence electrons. The molecule has 0 bridgehead atoms. The van der Waals surface area contributed by atoms with E-state index in [2.05, 4.69) is 15.7 Å². The highest BCUT2D eigenvalue weighted by molar-refractivity contribution is 7.80. The molecule has 3 aromatic rings. The lowest BCUT2D eigenvalue weighted by molar-refractivity contribution is 0.0601.